The second-order valence-corrected chi connectivity index (χ2v) is 7.18. The van der Waals surface area contributed by atoms with E-state index in [0.717, 1.165) is 24.8 Å². The molecule has 2 heterocycles. The standard InChI is InChI=1S/C23H28N2O5/c1-3-13-30-20-6-4-17(15-21(20)28-2)5-7-22(26)24-19-8-11-25(12-9-19)23(27)18-10-14-29-16-18/h4-7,10,14-16,19H,3,8-9,11-13H2,1-2H3,(H,24,26)/b7-5+. The summed E-state index contributed by atoms with van der Waals surface area (Å²) < 4.78 is 16.0. The number of nitrogens with zero attached hydrogens (tertiary/aromatic N) is 1. The lowest BCUT2D eigenvalue weighted by Crippen LogP contribution is -2.46. The van der Waals surface area contributed by atoms with E-state index in [1.54, 1.807) is 24.2 Å². The molecule has 7 nitrogen and oxygen atoms in total. The highest BCUT2D eigenvalue weighted by Gasteiger charge is 2.24. The van der Waals surface area contributed by atoms with E-state index in [1.165, 1.54) is 18.6 Å². The molecule has 0 unspecified atom stereocenters. The van der Waals surface area contributed by atoms with Crippen molar-refractivity contribution < 1.29 is 23.5 Å². The molecule has 0 atom stereocenters. The molecule has 30 heavy (non-hydrogen) atoms. The quantitative estimate of drug-likeness (QED) is 0.671. The molecule has 0 saturated carbocycles. The van der Waals surface area contributed by atoms with Gasteiger partial charge in [-0.1, -0.05) is 13.0 Å². The molecule has 1 aromatic heterocycles. The molecule has 1 aromatic carbocycles. The number of carbonyl (C=O) groups is 2. The van der Waals surface area contributed by atoms with Gasteiger partial charge in [0.25, 0.3) is 5.91 Å². The third-order valence-electron chi connectivity index (χ3n) is 4.97. The van der Waals surface area contributed by atoms with Crippen LogP contribution in [0, 0.1) is 0 Å². The van der Waals surface area contributed by atoms with E-state index in [-0.39, 0.29) is 17.9 Å². The maximum Gasteiger partial charge on any atom is 0.257 e. The van der Waals surface area contributed by atoms with Gasteiger partial charge in [0.05, 0.1) is 25.5 Å². The van der Waals surface area contributed by atoms with E-state index in [1.807, 2.05) is 25.1 Å². The SMILES string of the molecule is CCCOc1ccc(/C=C/C(=O)NC2CCN(C(=O)c3ccoc3)CC2)cc1OC. The Kier molecular flexibility index (Phi) is 7.54. The third-order valence-corrected chi connectivity index (χ3v) is 4.97. The van der Waals surface area contributed by atoms with Gasteiger partial charge >= 0.3 is 0 Å². The van der Waals surface area contributed by atoms with E-state index >= 15 is 0 Å². The molecule has 160 valence electrons. The summed E-state index contributed by atoms with van der Waals surface area (Å²) >= 11 is 0. The van der Waals surface area contributed by atoms with Crippen LogP contribution in [0.1, 0.15) is 42.1 Å². The van der Waals surface area contributed by atoms with Gasteiger partial charge in [0.15, 0.2) is 11.5 Å². The van der Waals surface area contributed by atoms with Crippen LogP contribution in [0.3, 0.4) is 0 Å². The monoisotopic (exact) mass is 412 g/mol. The fraction of sp³-hybridized carbons (Fsp3) is 0.391. The highest BCUT2D eigenvalue weighted by Crippen LogP contribution is 2.28. The minimum absolute atomic E-state index is 0.0336. The Hall–Kier alpha value is -3.22. The zero-order chi connectivity index (χ0) is 21.3. The number of carbonyl (C=O) groups excluding carboxylic acids is 2. The minimum atomic E-state index is -0.153. The van der Waals surface area contributed by atoms with Crippen LogP contribution in [-0.4, -0.2) is 49.6 Å². The first-order valence-corrected chi connectivity index (χ1v) is 10.2. The summed E-state index contributed by atoms with van der Waals surface area (Å²) in [5.74, 6) is 1.15. The molecule has 0 radical (unpaired) electrons. The van der Waals surface area contributed by atoms with Crippen molar-refractivity contribution in [3.05, 3.63) is 54.0 Å². The van der Waals surface area contributed by atoms with Crippen molar-refractivity contribution in [3.8, 4) is 11.5 Å². The molecule has 3 rings (SSSR count). The smallest absolute Gasteiger partial charge is 0.257 e. The highest BCUT2D eigenvalue weighted by atomic mass is 16.5. The van der Waals surface area contributed by atoms with Crippen LogP contribution < -0.4 is 14.8 Å². The summed E-state index contributed by atoms with van der Waals surface area (Å²) in [6.45, 7) is 3.88. The molecular formula is C23H28N2O5. The van der Waals surface area contributed by atoms with Crippen LogP contribution >= 0.6 is 0 Å². The van der Waals surface area contributed by atoms with Gasteiger partial charge in [0.1, 0.15) is 6.26 Å². The van der Waals surface area contributed by atoms with Crippen LogP contribution in [0.5, 0.6) is 11.5 Å². The second-order valence-electron chi connectivity index (χ2n) is 7.18. The number of rotatable bonds is 8. The van der Waals surface area contributed by atoms with Crippen LogP contribution in [0.4, 0.5) is 0 Å². The zero-order valence-electron chi connectivity index (χ0n) is 17.4. The van der Waals surface area contributed by atoms with Crippen LogP contribution in [0.2, 0.25) is 0 Å². The first-order chi connectivity index (χ1) is 14.6. The van der Waals surface area contributed by atoms with Crippen molar-refractivity contribution >= 4 is 17.9 Å². The van der Waals surface area contributed by atoms with Crippen LogP contribution in [-0.2, 0) is 4.79 Å². The molecule has 2 aromatic rings. The Morgan fingerprint density at radius 2 is 2.03 bits per heavy atom. The predicted octanol–water partition coefficient (Wildman–Crippen LogP) is 3.51. The average molecular weight is 412 g/mol. The zero-order valence-corrected chi connectivity index (χ0v) is 17.4. The number of amides is 2. The predicted molar refractivity (Wildman–Crippen MR) is 114 cm³/mol. The molecule has 0 spiro atoms. The number of piperidine rings is 1. The number of hydrogen-bond acceptors (Lipinski definition) is 5. The van der Waals surface area contributed by atoms with Crippen molar-refractivity contribution in [2.75, 3.05) is 26.8 Å². The minimum Gasteiger partial charge on any atom is -0.493 e. The lowest BCUT2D eigenvalue weighted by atomic mass is 10.0. The summed E-state index contributed by atoms with van der Waals surface area (Å²) in [5.41, 5.74) is 1.41. The van der Waals surface area contributed by atoms with Gasteiger partial charge in [-0.15, -0.1) is 0 Å². The lowest BCUT2D eigenvalue weighted by molar-refractivity contribution is -0.117. The lowest BCUT2D eigenvalue weighted by Gasteiger charge is -2.32. The Labute approximate surface area is 176 Å². The summed E-state index contributed by atoms with van der Waals surface area (Å²) in [6, 6.07) is 7.29. The molecule has 1 N–H and O–H groups in total. The van der Waals surface area contributed by atoms with Crippen molar-refractivity contribution in [1.82, 2.24) is 10.2 Å². The highest BCUT2D eigenvalue weighted by molar-refractivity contribution is 5.94. The number of methoxy groups -OCH3 is 1. The van der Waals surface area contributed by atoms with Crippen molar-refractivity contribution in [2.45, 2.75) is 32.2 Å². The molecule has 1 saturated heterocycles. The summed E-state index contributed by atoms with van der Waals surface area (Å²) in [4.78, 5) is 26.4. The molecule has 7 heteroatoms. The third kappa shape index (κ3) is 5.65. The maximum absolute atomic E-state index is 12.3. The maximum atomic E-state index is 12.3. The number of benzene rings is 1. The first kappa shape index (κ1) is 21.5. The summed E-state index contributed by atoms with van der Waals surface area (Å²) in [5, 5.41) is 3.01. The van der Waals surface area contributed by atoms with Crippen molar-refractivity contribution in [1.29, 1.82) is 0 Å². The molecule has 0 aliphatic carbocycles. The van der Waals surface area contributed by atoms with Gasteiger partial charge in [0.2, 0.25) is 5.91 Å². The average Bonchev–Trinajstić information content (AvgIpc) is 3.31. The van der Waals surface area contributed by atoms with E-state index in [4.69, 9.17) is 13.9 Å². The number of hydrogen-bond donors (Lipinski definition) is 1. The van der Waals surface area contributed by atoms with Gasteiger partial charge in [-0.25, -0.2) is 0 Å². The largest absolute Gasteiger partial charge is 0.493 e. The Morgan fingerprint density at radius 3 is 2.70 bits per heavy atom. The molecule has 2 amide bonds. The number of likely N-dealkylation sites (tertiary alicyclic amines) is 1. The fourth-order valence-electron chi connectivity index (χ4n) is 3.34. The molecule has 1 aliphatic rings. The molecular weight excluding hydrogens is 384 g/mol. The Balaban J connectivity index is 1.49. The molecule has 0 bridgehead atoms. The Morgan fingerprint density at radius 1 is 1.23 bits per heavy atom. The van der Waals surface area contributed by atoms with Gasteiger partial charge in [-0.05, 0) is 49.1 Å². The van der Waals surface area contributed by atoms with Crippen LogP contribution in [0.25, 0.3) is 6.08 Å². The normalized spacial score (nSPS) is 14.7. The van der Waals surface area contributed by atoms with Crippen molar-refractivity contribution in [3.63, 3.8) is 0 Å². The van der Waals surface area contributed by atoms with Gasteiger partial charge in [0, 0.05) is 25.2 Å². The number of nitrogens with one attached hydrogen (secondary N) is 1. The van der Waals surface area contributed by atoms with Crippen molar-refractivity contribution in [2.24, 2.45) is 0 Å². The molecule has 1 fully saturated rings. The summed E-state index contributed by atoms with van der Waals surface area (Å²) in [7, 11) is 1.60. The van der Waals surface area contributed by atoms with Gasteiger partial charge < -0.3 is 24.1 Å². The first-order valence-electron chi connectivity index (χ1n) is 10.2. The van der Waals surface area contributed by atoms with E-state index in [0.29, 0.717) is 36.8 Å². The van der Waals surface area contributed by atoms with Crippen LogP contribution in [0.15, 0.2) is 47.3 Å². The fourth-order valence-corrected chi connectivity index (χ4v) is 3.34. The van der Waals surface area contributed by atoms with Gasteiger partial charge in [-0.2, -0.15) is 0 Å². The number of ether oxygens (including phenoxy) is 2. The summed E-state index contributed by atoms with van der Waals surface area (Å²) in [6.07, 6.45) is 8.58. The number of furan rings is 1. The van der Waals surface area contributed by atoms with E-state index in [9.17, 15) is 9.59 Å². The second kappa shape index (κ2) is 10.5. The van der Waals surface area contributed by atoms with E-state index in [2.05, 4.69) is 5.32 Å². The Bertz CT molecular complexity index is 868. The topological polar surface area (TPSA) is 81.0 Å². The van der Waals surface area contributed by atoms with E-state index < -0.39 is 0 Å². The van der Waals surface area contributed by atoms with Gasteiger partial charge in [-0.3, -0.25) is 9.59 Å². The molecule has 1 aliphatic heterocycles.